The average Bonchev–Trinajstić information content (AvgIpc) is 3.42. The lowest BCUT2D eigenvalue weighted by Gasteiger charge is -2.19. The molecule has 0 saturated heterocycles. The number of amides is 1. The van der Waals surface area contributed by atoms with Gasteiger partial charge < -0.3 is 20.6 Å². The maximum Gasteiger partial charge on any atom is 0.220 e. The van der Waals surface area contributed by atoms with Crippen molar-refractivity contribution in [2.24, 2.45) is 29.6 Å². The number of hydrogen-bond donors (Lipinski definition) is 4. The molecular formula is C30H51NO6. The van der Waals surface area contributed by atoms with Crippen LogP contribution in [0, 0.1) is 29.6 Å². The molecule has 0 bridgehead atoms. The van der Waals surface area contributed by atoms with E-state index in [9.17, 15) is 29.7 Å². The van der Waals surface area contributed by atoms with Crippen LogP contribution in [0.25, 0.3) is 0 Å². The van der Waals surface area contributed by atoms with Gasteiger partial charge >= 0.3 is 0 Å². The molecule has 2 fully saturated rings. The maximum atomic E-state index is 12.6. The van der Waals surface area contributed by atoms with Crippen LogP contribution in [0.5, 0.6) is 0 Å². The molecule has 212 valence electrons. The number of ketones is 2. The fourth-order valence-corrected chi connectivity index (χ4v) is 6.07. The van der Waals surface area contributed by atoms with Crippen LogP contribution in [-0.2, 0) is 14.4 Å². The van der Waals surface area contributed by atoms with Crippen molar-refractivity contribution in [3.63, 3.8) is 0 Å². The van der Waals surface area contributed by atoms with Crippen molar-refractivity contribution in [2.75, 3.05) is 6.61 Å². The second-order valence-corrected chi connectivity index (χ2v) is 11.9. The van der Waals surface area contributed by atoms with E-state index in [0.717, 1.165) is 25.7 Å². The Morgan fingerprint density at radius 1 is 1.14 bits per heavy atom. The molecule has 0 aliphatic heterocycles. The quantitative estimate of drug-likeness (QED) is 0.169. The zero-order valence-corrected chi connectivity index (χ0v) is 23.2. The summed E-state index contributed by atoms with van der Waals surface area (Å²) in [6.07, 6.45) is 11.5. The van der Waals surface area contributed by atoms with Gasteiger partial charge in [-0.1, -0.05) is 58.6 Å². The van der Waals surface area contributed by atoms with E-state index in [1.54, 1.807) is 12.2 Å². The molecule has 2 saturated carbocycles. The molecule has 2 rings (SSSR count). The van der Waals surface area contributed by atoms with Gasteiger partial charge in [0.2, 0.25) is 5.91 Å². The molecule has 7 atom stereocenters. The molecule has 2 aliphatic rings. The van der Waals surface area contributed by atoms with E-state index in [-0.39, 0.29) is 48.9 Å². The fraction of sp³-hybridized carbons (Fsp3) is 0.833. The monoisotopic (exact) mass is 521 g/mol. The first-order chi connectivity index (χ1) is 17.6. The Labute approximate surface area is 223 Å². The van der Waals surface area contributed by atoms with Gasteiger partial charge in [0.05, 0.1) is 24.9 Å². The smallest absolute Gasteiger partial charge is 0.220 e. The fourth-order valence-electron chi connectivity index (χ4n) is 6.07. The van der Waals surface area contributed by atoms with Gasteiger partial charge in [0, 0.05) is 37.5 Å². The molecule has 7 heteroatoms. The highest BCUT2D eigenvalue weighted by molar-refractivity contribution is 5.90. The zero-order valence-electron chi connectivity index (χ0n) is 23.2. The summed E-state index contributed by atoms with van der Waals surface area (Å²) in [6.45, 7) is 6.18. The summed E-state index contributed by atoms with van der Waals surface area (Å²) in [5, 5.41) is 33.4. The molecule has 0 aromatic rings. The highest BCUT2D eigenvalue weighted by Crippen LogP contribution is 2.38. The Hall–Kier alpha value is -1.57. The number of carbonyl (C=O) groups excluding carboxylic acids is 3. The molecule has 4 N–H and O–H groups in total. The Morgan fingerprint density at radius 2 is 1.86 bits per heavy atom. The topological polar surface area (TPSA) is 124 Å². The van der Waals surface area contributed by atoms with Crippen molar-refractivity contribution < 1.29 is 29.7 Å². The van der Waals surface area contributed by atoms with E-state index in [4.69, 9.17) is 0 Å². The zero-order chi connectivity index (χ0) is 27.4. The second-order valence-electron chi connectivity index (χ2n) is 11.9. The van der Waals surface area contributed by atoms with Crippen LogP contribution in [0.2, 0.25) is 0 Å². The van der Waals surface area contributed by atoms with E-state index < -0.39 is 24.0 Å². The molecule has 0 spiro atoms. The van der Waals surface area contributed by atoms with Crippen molar-refractivity contribution in [3.05, 3.63) is 12.2 Å². The maximum absolute atomic E-state index is 12.6. The average molecular weight is 522 g/mol. The third-order valence-electron chi connectivity index (χ3n) is 8.19. The van der Waals surface area contributed by atoms with E-state index in [1.807, 2.05) is 13.8 Å². The van der Waals surface area contributed by atoms with Crippen LogP contribution >= 0.6 is 0 Å². The minimum absolute atomic E-state index is 0.0330. The largest absolute Gasteiger partial charge is 0.394 e. The third kappa shape index (κ3) is 11.0. The summed E-state index contributed by atoms with van der Waals surface area (Å²) in [7, 11) is 0. The van der Waals surface area contributed by atoms with Crippen LogP contribution in [0.1, 0.15) is 104 Å². The van der Waals surface area contributed by atoms with Gasteiger partial charge in [-0.2, -0.15) is 0 Å². The van der Waals surface area contributed by atoms with Gasteiger partial charge in [-0.3, -0.25) is 14.4 Å². The SMILES string of the molecule is CCCC[C@H]1CC[C@H]([C@@H](O)/C=C/[C@H]2[C@H](O)CC(=O)[C@@H]2CC(=O)CCCCC(=O)N[C@H](CO)CC(C)C)C1. The van der Waals surface area contributed by atoms with E-state index in [0.29, 0.717) is 37.5 Å². The molecule has 2 aliphatic carbocycles. The van der Waals surface area contributed by atoms with Crippen LogP contribution in [0.3, 0.4) is 0 Å². The van der Waals surface area contributed by atoms with Crippen molar-refractivity contribution in [3.8, 4) is 0 Å². The Morgan fingerprint density at radius 3 is 2.54 bits per heavy atom. The van der Waals surface area contributed by atoms with E-state index in [2.05, 4.69) is 12.2 Å². The van der Waals surface area contributed by atoms with E-state index in [1.165, 1.54) is 19.3 Å². The first-order valence-electron chi connectivity index (χ1n) is 14.6. The van der Waals surface area contributed by atoms with Crippen molar-refractivity contribution in [1.82, 2.24) is 5.32 Å². The van der Waals surface area contributed by atoms with Gasteiger partial charge in [0.1, 0.15) is 11.6 Å². The van der Waals surface area contributed by atoms with Crippen LogP contribution < -0.4 is 5.32 Å². The predicted octanol–water partition coefficient (Wildman–Crippen LogP) is 4.12. The van der Waals surface area contributed by atoms with Gasteiger partial charge in [-0.05, 0) is 49.9 Å². The summed E-state index contributed by atoms with van der Waals surface area (Å²) in [4.78, 5) is 37.3. The number of carbonyl (C=O) groups is 3. The molecule has 7 nitrogen and oxygen atoms in total. The lowest BCUT2D eigenvalue weighted by atomic mass is 9.87. The van der Waals surface area contributed by atoms with Crippen LogP contribution in [0.4, 0.5) is 0 Å². The van der Waals surface area contributed by atoms with Gasteiger partial charge in [-0.15, -0.1) is 0 Å². The molecule has 0 unspecified atom stereocenters. The number of aliphatic hydroxyl groups is 3. The summed E-state index contributed by atoms with van der Waals surface area (Å²) >= 11 is 0. The van der Waals surface area contributed by atoms with Gasteiger partial charge in [-0.25, -0.2) is 0 Å². The normalized spacial score (nSPS) is 27.8. The highest BCUT2D eigenvalue weighted by Gasteiger charge is 2.41. The molecule has 0 heterocycles. The standard InChI is InChI=1S/C30H51NO6/c1-4-5-8-21-11-12-22(16-21)27(34)14-13-25-26(29(36)18-28(25)35)17-24(33)9-6-7-10-30(37)31-23(19-32)15-20(2)3/h13-14,20-23,25-28,32,34-35H,4-12,15-19H2,1-3H3,(H,31,37)/b14-13+/t21-,22-,23-,25+,26+,27-,28+/m0/s1. The molecule has 1 amide bonds. The van der Waals surface area contributed by atoms with Crippen molar-refractivity contribution >= 4 is 17.5 Å². The molecule has 37 heavy (non-hydrogen) atoms. The molecular weight excluding hydrogens is 470 g/mol. The van der Waals surface area contributed by atoms with Gasteiger partial charge in [0.15, 0.2) is 0 Å². The Kier molecular flexibility index (Phi) is 14.0. The Balaban J connectivity index is 1.76. The Bertz CT molecular complexity index is 750. The van der Waals surface area contributed by atoms with Crippen LogP contribution in [-0.4, -0.2) is 57.6 Å². The van der Waals surface area contributed by atoms with Crippen molar-refractivity contribution in [2.45, 2.75) is 122 Å². The second kappa shape index (κ2) is 16.4. The first kappa shape index (κ1) is 31.6. The number of nitrogens with one attached hydrogen (secondary N) is 1. The van der Waals surface area contributed by atoms with Gasteiger partial charge in [0.25, 0.3) is 0 Å². The number of unbranched alkanes of at least 4 members (excludes halogenated alkanes) is 2. The number of Topliss-reactive ketones (excluding diaryl/α,β-unsaturated/α-hetero) is 2. The molecule has 0 aromatic carbocycles. The predicted molar refractivity (Wildman–Crippen MR) is 145 cm³/mol. The minimum atomic E-state index is -0.816. The lowest BCUT2D eigenvalue weighted by Crippen LogP contribution is -2.38. The number of aliphatic hydroxyl groups excluding tert-OH is 3. The lowest BCUT2D eigenvalue weighted by molar-refractivity contribution is -0.127. The van der Waals surface area contributed by atoms with Crippen LogP contribution in [0.15, 0.2) is 12.2 Å². The first-order valence-corrected chi connectivity index (χ1v) is 14.6. The third-order valence-corrected chi connectivity index (χ3v) is 8.19. The number of rotatable bonds is 17. The summed E-state index contributed by atoms with van der Waals surface area (Å²) in [5.41, 5.74) is 0. The van der Waals surface area contributed by atoms with Crippen molar-refractivity contribution in [1.29, 1.82) is 0 Å². The highest BCUT2D eigenvalue weighted by atomic mass is 16.3. The minimum Gasteiger partial charge on any atom is -0.394 e. The molecule has 0 aromatic heterocycles. The summed E-state index contributed by atoms with van der Waals surface area (Å²) in [6, 6.07) is -0.242. The van der Waals surface area contributed by atoms with E-state index >= 15 is 0 Å². The summed E-state index contributed by atoms with van der Waals surface area (Å²) in [5.74, 6) is 0.0479. The summed E-state index contributed by atoms with van der Waals surface area (Å²) < 4.78 is 0. The molecule has 0 radical (unpaired) electrons. The number of hydrogen-bond acceptors (Lipinski definition) is 6.